The van der Waals surface area contributed by atoms with Crippen LogP contribution in [0.15, 0.2) is 235 Å². The summed E-state index contributed by atoms with van der Waals surface area (Å²) in [6.45, 7) is 13.2. The lowest BCUT2D eigenvalue weighted by Crippen LogP contribution is -2.25. The number of imidazole rings is 1. The van der Waals surface area contributed by atoms with Crippen LogP contribution in [0.4, 0.5) is 34.6 Å². The molecule has 0 unspecified atom stereocenters. The third-order valence-electron chi connectivity index (χ3n) is 19.5. The van der Waals surface area contributed by atoms with Crippen molar-refractivity contribution in [2.45, 2.75) is 70.9 Å². The van der Waals surface area contributed by atoms with Crippen molar-refractivity contribution in [1.82, 2.24) is 68.0 Å². The molecule has 0 bridgehead atoms. The molecule has 14 aromatic rings. The Morgan fingerprint density at radius 1 is 0.453 bits per heavy atom. The summed E-state index contributed by atoms with van der Waals surface area (Å²) in [7, 11) is 2.00. The zero-order chi connectivity index (χ0) is 71.6. The summed E-state index contributed by atoms with van der Waals surface area (Å²) in [6.07, 6.45) is 16.4. The number of aryl methyl sites for hydroxylation is 2. The summed E-state index contributed by atoms with van der Waals surface area (Å²) < 4.78 is 24.9. The summed E-state index contributed by atoms with van der Waals surface area (Å²) >= 11 is 0. The number of rotatable bonds is 27. The molecule has 17 rings (SSSR count). The van der Waals surface area contributed by atoms with E-state index in [4.69, 9.17) is 34.2 Å². The highest BCUT2D eigenvalue weighted by molar-refractivity contribution is 5.71. The molecule has 0 radical (unpaired) electrons. The van der Waals surface area contributed by atoms with Crippen LogP contribution in [-0.4, -0.2) is 145 Å². The van der Waals surface area contributed by atoms with Gasteiger partial charge in [0.1, 0.15) is 42.0 Å². The van der Waals surface area contributed by atoms with Gasteiger partial charge in [-0.05, 0) is 242 Å². The molecule has 11 heterocycles. The van der Waals surface area contributed by atoms with Crippen LogP contribution in [0.2, 0.25) is 0 Å². The number of pyridine rings is 3. The molecule has 5 N–H and O–H groups in total. The van der Waals surface area contributed by atoms with Crippen molar-refractivity contribution in [1.29, 1.82) is 0 Å². The number of anilines is 6. The minimum Gasteiger partial charge on any atom is -0.508 e. The van der Waals surface area contributed by atoms with E-state index in [2.05, 4.69) is 112 Å². The molecule has 3 fully saturated rings. The minimum absolute atomic E-state index is 0.246. The molecule has 0 aliphatic carbocycles. The van der Waals surface area contributed by atoms with Crippen molar-refractivity contribution in [2.75, 3.05) is 93.4 Å². The molecule has 22 heteroatoms. The first-order valence-corrected chi connectivity index (χ1v) is 37.0. The molecule has 3 aliphatic rings. The first kappa shape index (κ1) is 69.8. The Bertz CT molecular complexity index is 5110. The zero-order valence-corrected chi connectivity index (χ0v) is 59.9. The first-order chi connectivity index (χ1) is 52.2. The standard InChI is InChI=1S/C29H32N8O.C29H30N6O2.C26H28N4O/c1-35-17-14-30-28(35)21-31-24-7-4-6-22(20-24)26-8-5-9-27-33-29(34-37(26)27)32-23-10-12-25(13-11-23)38-19-18-36-15-2-3-16-36;1-2-16-34(15-1)17-19-37-25-13-11-23(12-14-25)31-29-32-28-10-4-9-27(35(28)33-29)22-6-3-7-24(20-22)30-21-26-8-5-18-36-26;31-23-8-3-7-22(19-23)24-9-4-10-26-27-25(28-30(24)26)18-21-13-11-20(12-14-21)6-5-17-29-15-1-2-16-29/h4-14,17,20,31H,2-3,15-16,18-19,21H2,1H3,(H,32,34);3-14,18,20,30H,1-2,15-17,19,21H2,(H,31,33);3-4,7-14,19,31H,1-2,5-6,15-18H2. The van der Waals surface area contributed by atoms with Crippen LogP contribution in [0.5, 0.6) is 17.2 Å². The van der Waals surface area contributed by atoms with Gasteiger partial charge in [-0.25, -0.2) is 23.5 Å². The normalized spacial score (nSPS) is 13.9. The number of nitrogens with one attached hydrogen (secondary N) is 4. The van der Waals surface area contributed by atoms with Crippen LogP contribution in [0.25, 0.3) is 50.7 Å². The molecule has 0 amide bonds. The van der Waals surface area contributed by atoms with E-state index < -0.39 is 0 Å². The summed E-state index contributed by atoms with van der Waals surface area (Å²) in [6, 6.07) is 70.4. The van der Waals surface area contributed by atoms with E-state index in [0.29, 0.717) is 44.6 Å². The summed E-state index contributed by atoms with van der Waals surface area (Å²) in [5.41, 5.74) is 14.7. The van der Waals surface area contributed by atoms with E-state index in [1.165, 1.54) is 102 Å². The van der Waals surface area contributed by atoms with Crippen LogP contribution in [0, 0.1) is 0 Å². The monoisotopic (exact) mass is 1410 g/mol. The number of benzene rings is 6. The Morgan fingerprint density at radius 3 is 1.44 bits per heavy atom. The van der Waals surface area contributed by atoms with Gasteiger partial charge >= 0.3 is 0 Å². The topological polar surface area (TPSA) is 218 Å². The first-order valence-electron chi connectivity index (χ1n) is 37.0. The molecule has 6 aromatic carbocycles. The highest BCUT2D eigenvalue weighted by Gasteiger charge is 2.18. The van der Waals surface area contributed by atoms with E-state index in [1.807, 2.05) is 177 Å². The number of phenolic OH excluding ortho intramolecular Hbond substituents is 1. The quantitative estimate of drug-likeness (QED) is 0.0323. The van der Waals surface area contributed by atoms with Crippen molar-refractivity contribution < 1.29 is 19.0 Å². The smallest absolute Gasteiger partial charge is 0.247 e. The minimum atomic E-state index is 0.246. The molecule has 0 spiro atoms. The molecule has 106 heavy (non-hydrogen) atoms. The second-order valence-corrected chi connectivity index (χ2v) is 27.1. The van der Waals surface area contributed by atoms with Gasteiger partial charge in [-0.15, -0.1) is 10.2 Å². The van der Waals surface area contributed by atoms with Gasteiger partial charge in [-0.3, -0.25) is 9.80 Å². The SMILES string of the molecule is Cn1ccnc1CNc1cccc(-c2cccc3nc(Nc4ccc(OCCN5CCCC5)cc4)nn23)c1.Oc1cccc(-c2cccc3nc(Cc4ccc(CCCN5CCCC5)cc4)nn23)c1.c1cc(NCc2ccco2)cc(-c2cccc3nc(Nc4ccc(OCCN5CCCC5)cc4)nn23)c1. The number of aromatic hydroxyl groups is 1. The van der Waals surface area contributed by atoms with Crippen molar-refractivity contribution >= 4 is 51.6 Å². The number of nitrogens with zero attached hydrogens (tertiary/aromatic N) is 14. The molecule has 8 aromatic heterocycles. The number of likely N-dealkylation sites (tertiary alicyclic amines) is 3. The van der Waals surface area contributed by atoms with Gasteiger partial charge in [0.15, 0.2) is 22.8 Å². The van der Waals surface area contributed by atoms with Crippen molar-refractivity contribution in [2.24, 2.45) is 7.05 Å². The van der Waals surface area contributed by atoms with Gasteiger partial charge in [0.25, 0.3) is 0 Å². The largest absolute Gasteiger partial charge is 0.508 e. The molecule has 0 atom stereocenters. The van der Waals surface area contributed by atoms with Gasteiger partial charge in [0.2, 0.25) is 11.9 Å². The van der Waals surface area contributed by atoms with Crippen molar-refractivity contribution in [3.8, 4) is 51.0 Å². The fourth-order valence-electron chi connectivity index (χ4n) is 13.8. The van der Waals surface area contributed by atoms with Crippen LogP contribution in [0.1, 0.15) is 73.5 Å². The molecule has 3 aliphatic heterocycles. The van der Waals surface area contributed by atoms with Gasteiger partial charge in [-0.1, -0.05) is 78.9 Å². The van der Waals surface area contributed by atoms with Crippen LogP contribution in [-0.2, 0) is 33.0 Å². The Labute approximate surface area is 617 Å². The fraction of sp³-hybridized carbons (Fsp3) is 0.274. The molecule has 22 nitrogen and oxygen atoms in total. The van der Waals surface area contributed by atoms with Gasteiger partial charge < -0.3 is 49.7 Å². The number of fused-ring (bicyclic) bond motifs is 3. The van der Waals surface area contributed by atoms with E-state index >= 15 is 0 Å². The lowest BCUT2D eigenvalue weighted by Gasteiger charge is -2.15. The molecular formula is C84H90N18O4. The number of ether oxygens (including phenoxy) is 2. The number of hydrogen-bond acceptors (Lipinski definition) is 18. The van der Waals surface area contributed by atoms with E-state index in [-0.39, 0.29) is 5.75 Å². The number of furan rings is 1. The summed E-state index contributed by atoms with van der Waals surface area (Å²) in [5.74, 6) is 5.75. The maximum absolute atomic E-state index is 9.83. The van der Waals surface area contributed by atoms with E-state index in [1.54, 1.807) is 18.4 Å². The van der Waals surface area contributed by atoms with Gasteiger partial charge in [-0.2, -0.15) is 15.1 Å². The predicted octanol–water partition coefficient (Wildman–Crippen LogP) is 15.5. The van der Waals surface area contributed by atoms with E-state index in [0.717, 1.165) is 122 Å². The van der Waals surface area contributed by atoms with Crippen molar-refractivity contribution in [3.05, 3.63) is 260 Å². The number of aromatic nitrogens is 11. The molecule has 3 saturated heterocycles. The maximum Gasteiger partial charge on any atom is 0.247 e. The number of hydrogen-bond donors (Lipinski definition) is 5. The maximum atomic E-state index is 9.83. The molecule has 0 saturated carbocycles. The average Bonchev–Trinajstić information content (AvgIpc) is 1.67. The number of phenols is 1. The van der Waals surface area contributed by atoms with E-state index in [9.17, 15) is 5.11 Å². The highest BCUT2D eigenvalue weighted by atomic mass is 16.5. The van der Waals surface area contributed by atoms with Crippen LogP contribution < -0.4 is 30.7 Å². The fourth-order valence-corrected chi connectivity index (χ4v) is 13.8. The summed E-state index contributed by atoms with van der Waals surface area (Å²) in [5, 5.41) is 37.6. The Morgan fingerprint density at radius 2 is 0.934 bits per heavy atom. The Kier molecular flexibility index (Phi) is 22.5. The second-order valence-electron chi connectivity index (χ2n) is 27.1. The Hall–Kier alpha value is -11.9. The third-order valence-corrected chi connectivity index (χ3v) is 19.5. The molecule has 540 valence electrons. The third kappa shape index (κ3) is 18.4. The van der Waals surface area contributed by atoms with Gasteiger partial charge in [0.05, 0.1) is 36.4 Å². The lowest BCUT2D eigenvalue weighted by atomic mass is 10.1. The second kappa shape index (κ2) is 34.2. The van der Waals surface area contributed by atoms with Crippen molar-refractivity contribution in [3.63, 3.8) is 0 Å². The zero-order valence-electron chi connectivity index (χ0n) is 59.9. The lowest BCUT2D eigenvalue weighted by molar-refractivity contribution is 0.237. The molecular weight excluding hydrogens is 1330 g/mol. The average molecular weight is 1420 g/mol. The van der Waals surface area contributed by atoms with Crippen LogP contribution in [0.3, 0.4) is 0 Å². The highest BCUT2D eigenvalue weighted by Crippen LogP contribution is 2.30. The summed E-state index contributed by atoms with van der Waals surface area (Å²) in [4.78, 5) is 26.0. The Balaban J connectivity index is 0.000000128. The predicted molar refractivity (Wildman–Crippen MR) is 419 cm³/mol. The van der Waals surface area contributed by atoms with Crippen LogP contribution >= 0.6 is 0 Å². The van der Waals surface area contributed by atoms with Gasteiger partial charge in [0, 0.05) is 78.4 Å².